The highest BCUT2D eigenvalue weighted by Crippen LogP contribution is 2.18. The van der Waals surface area contributed by atoms with Gasteiger partial charge in [0, 0.05) is 30.8 Å². The monoisotopic (exact) mass is 373 g/mol. The fraction of sp³-hybridized carbons (Fsp3) is 0.250. The van der Waals surface area contributed by atoms with Gasteiger partial charge < -0.3 is 20.8 Å². The number of ether oxygens (including phenoxy) is 1. The summed E-state index contributed by atoms with van der Waals surface area (Å²) in [5.74, 6) is -0.155. The molecule has 1 heterocycles. The van der Waals surface area contributed by atoms with Gasteiger partial charge in [0.2, 0.25) is 5.91 Å². The number of benzene rings is 2. The molecule has 26 heavy (non-hydrogen) atoms. The fourth-order valence-corrected chi connectivity index (χ4v) is 2.97. The quantitative estimate of drug-likeness (QED) is 0.595. The predicted octanol–water partition coefficient (Wildman–Crippen LogP) is 2.92. The first-order valence-corrected chi connectivity index (χ1v) is 8.33. The zero-order valence-corrected chi connectivity index (χ0v) is 15.5. The van der Waals surface area contributed by atoms with Gasteiger partial charge in [-0.15, -0.1) is 12.4 Å². The number of carbonyl (C=O) groups is 1. The van der Waals surface area contributed by atoms with E-state index in [2.05, 4.69) is 10.3 Å². The number of carbonyl (C=O) groups excluding carboxylic acids is 1. The SMILES string of the molecule is COCc1ccccc1CNC(=O)[C@@H](N)Cc1c[nH]c2ccccc12.Cl. The van der Waals surface area contributed by atoms with E-state index in [1.807, 2.05) is 54.7 Å². The van der Waals surface area contributed by atoms with Crippen LogP contribution in [0.1, 0.15) is 16.7 Å². The molecule has 2 aromatic carbocycles. The molecule has 1 atom stereocenters. The van der Waals surface area contributed by atoms with Gasteiger partial charge in [-0.3, -0.25) is 4.79 Å². The highest BCUT2D eigenvalue weighted by molar-refractivity contribution is 5.86. The van der Waals surface area contributed by atoms with Crippen LogP contribution >= 0.6 is 12.4 Å². The summed E-state index contributed by atoms with van der Waals surface area (Å²) in [6, 6.07) is 15.3. The van der Waals surface area contributed by atoms with Crippen LogP contribution in [0.5, 0.6) is 0 Å². The number of rotatable bonds is 7. The lowest BCUT2D eigenvalue weighted by Gasteiger charge is -2.14. The van der Waals surface area contributed by atoms with Crippen LogP contribution in [0.4, 0.5) is 0 Å². The molecule has 0 unspecified atom stereocenters. The van der Waals surface area contributed by atoms with Crippen LogP contribution in [0, 0.1) is 0 Å². The maximum atomic E-state index is 12.4. The molecule has 3 aromatic rings. The van der Waals surface area contributed by atoms with E-state index in [0.717, 1.165) is 27.6 Å². The standard InChI is InChI=1S/C20H23N3O2.ClH/c1-25-13-15-7-3-2-6-14(15)11-23-20(24)18(21)10-16-12-22-19-9-5-4-8-17(16)19;/h2-9,12,18,22H,10-11,13,21H2,1H3,(H,23,24);1H/t18-;/m0./s1. The Hall–Kier alpha value is -2.34. The van der Waals surface area contributed by atoms with Crippen LogP contribution in [0.3, 0.4) is 0 Å². The summed E-state index contributed by atoms with van der Waals surface area (Å²) in [5, 5.41) is 4.04. The van der Waals surface area contributed by atoms with Crippen molar-refractivity contribution in [3.8, 4) is 0 Å². The molecular weight excluding hydrogens is 350 g/mol. The number of H-pyrrole nitrogens is 1. The van der Waals surface area contributed by atoms with Crippen LogP contribution in [0.25, 0.3) is 10.9 Å². The Morgan fingerprint density at radius 3 is 2.58 bits per heavy atom. The van der Waals surface area contributed by atoms with Crippen molar-refractivity contribution < 1.29 is 9.53 Å². The summed E-state index contributed by atoms with van der Waals surface area (Å²) >= 11 is 0. The lowest BCUT2D eigenvalue weighted by Crippen LogP contribution is -2.41. The molecule has 0 spiro atoms. The number of amides is 1. The first kappa shape index (κ1) is 20.0. The summed E-state index contributed by atoms with van der Waals surface area (Å²) in [5.41, 5.74) is 10.3. The van der Waals surface area contributed by atoms with Gasteiger partial charge in [-0.05, 0) is 29.2 Å². The van der Waals surface area contributed by atoms with Crippen molar-refractivity contribution >= 4 is 29.2 Å². The molecule has 0 aliphatic carbocycles. The highest BCUT2D eigenvalue weighted by Gasteiger charge is 2.16. The summed E-state index contributed by atoms with van der Waals surface area (Å²) in [6.07, 6.45) is 2.42. The topological polar surface area (TPSA) is 80.1 Å². The Kier molecular flexibility index (Phi) is 7.21. The number of fused-ring (bicyclic) bond motifs is 1. The molecule has 0 aliphatic rings. The first-order chi connectivity index (χ1) is 12.2. The third-order valence-corrected chi connectivity index (χ3v) is 4.32. The zero-order valence-electron chi connectivity index (χ0n) is 14.7. The number of nitrogens with one attached hydrogen (secondary N) is 2. The minimum Gasteiger partial charge on any atom is -0.380 e. The van der Waals surface area contributed by atoms with Crippen molar-refractivity contribution in [1.29, 1.82) is 0 Å². The normalized spacial score (nSPS) is 11.8. The third kappa shape index (κ3) is 4.64. The van der Waals surface area contributed by atoms with Gasteiger partial charge in [0.25, 0.3) is 0 Å². The van der Waals surface area contributed by atoms with E-state index in [4.69, 9.17) is 10.5 Å². The van der Waals surface area contributed by atoms with E-state index in [1.165, 1.54) is 0 Å². The van der Waals surface area contributed by atoms with Gasteiger partial charge in [-0.25, -0.2) is 0 Å². The third-order valence-electron chi connectivity index (χ3n) is 4.32. The van der Waals surface area contributed by atoms with E-state index in [0.29, 0.717) is 19.6 Å². The number of nitrogens with two attached hydrogens (primary N) is 1. The van der Waals surface area contributed by atoms with Gasteiger partial charge in [0.15, 0.2) is 0 Å². The van der Waals surface area contributed by atoms with Gasteiger partial charge in [-0.1, -0.05) is 42.5 Å². The van der Waals surface area contributed by atoms with E-state index in [1.54, 1.807) is 7.11 Å². The minimum absolute atomic E-state index is 0. The molecule has 4 N–H and O–H groups in total. The van der Waals surface area contributed by atoms with Crippen molar-refractivity contribution in [2.75, 3.05) is 7.11 Å². The Morgan fingerprint density at radius 1 is 1.12 bits per heavy atom. The molecule has 0 fully saturated rings. The molecule has 3 rings (SSSR count). The zero-order chi connectivity index (χ0) is 17.6. The summed E-state index contributed by atoms with van der Waals surface area (Å²) in [7, 11) is 1.66. The molecule has 0 aliphatic heterocycles. The minimum atomic E-state index is -0.589. The van der Waals surface area contributed by atoms with Crippen LogP contribution in [0.2, 0.25) is 0 Å². The lowest BCUT2D eigenvalue weighted by atomic mass is 10.0. The second-order valence-electron chi connectivity index (χ2n) is 6.09. The highest BCUT2D eigenvalue weighted by atomic mass is 35.5. The number of para-hydroxylation sites is 1. The number of aromatic nitrogens is 1. The molecule has 5 nitrogen and oxygen atoms in total. The van der Waals surface area contributed by atoms with Gasteiger partial charge in [0.1, 0.15) is 0 Å². The number of methoxy groups -OCH3 is 1. The fourth-order valence-electron chi connectivity index (χ4n) is 2.97. The summed E-state index contributed by atoms with van der Waals surface area (Å²) < 4.78 is 5.19. The van der Waals surface area contributed by atoms with Crippen molar-refractivity contribution in [2.24, 2.45) is 5.73 Å². The van der Waals surface area contributed by atoms with Gasteiger partial charge in [0.05, 0.1) is 12.6 Å². The average molecular weight is 374 g/mol. The number of hydrogen-bond acceptors (Lipinski definition) is 3. The van der Waals surface area contributed by atoms with E-state index in [9.17, 15) is 4.79 Å². The predicted molar refractivity (Wildman–Crippen MR) is 106 cm³/mol. The van der Waals surface area contributed by atoms with E-state index in [-0.39, 0.29) is 18.3 Å². The molecular formula is C20H24ClN3O2. The number of halogens is 1. The molecule has 138 valence electrons. The first-order valence-electron chi connectivity index (χ1n) is 8.33. The number of aromatic amines is 1. The molecule has 0 saturated heterocycles. The van der Waals surface area contributed by atoms with E-state index < -0.39 is 6.04 Å². The molecule has 0 bridgehead atoms. The molecule has 0 radical (unpaired) electrons. The van der Waals surface area contributed by atoms with Crippen molar-refractivity contribution in [3.63, 3.8) is 0 Å². The molecule has 1 amide bonds. The lowest BCUT2D eigenvalue weighted by molar-refractivity contribution is -0.122. The smallest absolute Gasteiger partial charge is 0.237 e. The Labute approximate surface area is 159 Å². The maximum Gasteiger partial charge on any atom is 0.237 e. The second-order valence-corrected chi connectivity index (χ2v) is 6.09. The van der Waals surface area contributed by atoms with E-state index >= 15 is 0 Å². The second kappa shape index (κ2) is 9.38. The van der Waals surface area contributed by atoms with Crippen LogP contribution < -0.4 is 11.1 Å². The Balaban J connectivity index is 0.00000243. The van der Waals surface area contributed by atoms with Crippen molar-refractivity contribution in [3.05, 3.63) is 71.4 Å². The van der Waals surface area contributed by atoms with Crippen molar-refractivity contribution in [2.45, 2.75) is 25.6 Å². The summed E-state index contributed by atoms with van der Waals surface area (Å²) in [6.45, 7) is 0.966. The van der Waals surface area contributed by atoms with Crippen LogP contribution in [0.15, 0.2) is 54.7 Å². The largest absolute Gasteiger partial charge is 0.380 e. The number of hydrogen-bond donors (Lipinski definition) is 3. The molecule has 6 heteroatoms. The molecule has 1 aromatic heterocycles. The maximum absolute atomic E-state index is 12.4. The summed E-state index contributed by atoms with van der Waals surface area (Å²) in [4.78, 5) is 15.6. The van der Waals surface area contributed by atoms with Gasteiger partial charge in [-0.2, -0.15) is 0 Å². The molecule has 0 saturated carbocycles. The van der Waals surface area contributed by atoms with Gasteiger partial charge >= 0.3 is 0 Å². The average Bonchev–Trinajstić information content (AvgIpc) is 3.04. The van der Waals surface area contributed by atoms with Crippen LogP contribution in [-0.4, -0.2) is 24.0 Å². The Bertz CT molecular complexity index is 863. The Morgan fingerprint density at radius 2 is 1.81 bits per heavy atom. The van der Waals surface area contributed by atoms with Crippen molar-refractivity contribution in [1.82, 2.24) is 10.3 Å². The van der Waals surface area contributed by atoms with Crippen LogP contribution in [-0.2, 0) is 29.1 Å².